The van der Waals surface area contributed by atoms with Gasteiger partial charge in [0.05, 0.1) is 11.3 Å². The van der Waals surface area contributed by atoms with E-state index in [9.17, 15) is 13.2 Å². The van der Waals surface area contributed by atoms with Crippen LogP contribution in [-0.4, -0.2) is 25.1 Å². The average molecular weight is 306 g/mol. The van der Waals surface area contributed by atoms with E-state index in [-0.39, 0.29) is 5.75 Å². The van der Waals surface area contributed by atoms with Gasteiger partial charge in [-0.15, -0.1) is 0 Å². The summed E-state index contributed by atoms with van der Waals surface area (Å²) < 4.78 is 26.2. The third-order valence-corrected chi connectivity index (χ3v) is 4.50. The second kappa shape index (κ2) is 5.44. The van der Waals surface area contributed by atoms with Gasteiger partial charge in [-0.3, -0.25) is 9.78 Å². The lowest BCUT2D eigenvalue weighted by molar-refractivity contribution is 0.0983. The number of carbonyl (C=O) groups is 1. The van der Waals surface area contributed by atoms with E-state index >= 15 is 0 Å². The van der Waals surface area contributed by atoms with Crippen LogP contribution in [0.15, 0.2) is 36.5 Å². The highest BCUT2D eigenvalue weighted by Gasteiger charge is 2.24. The number of benzene rings is 1. The lowest BCUT2D eigenvalue weighted by atomic mass is 10.0. The molecule has 2 rings (SSSR count). The number of hydrogen-bond donors (Lipinski definition) is 1. The van der Waals surface area contributed by atoms with E-state index in [0.29, 0.717) is 16.5 Å². The Hall–Kier alpha value is -1.95. The SMILES string of the molecule is CC(C)(C)CS(=O)(=O)NC(=O)c1cccc2ncccc12. The molecule has 2 aromatic rings. The Labute approximate surface area is 124 Å². The first-order chi connectivity index (χ1) is 9.68. The molecule has 0 atom stereocenters. The Morgan fingerprint density at radius 2 is 1.90 bits per heavy atom. The van der Waals surface area contributed by atoms with Gasteiger partial charge in [-0.2, -0.15) is 0 Å². The van der Waals surface area contributed by atoms with Gasteiger partial charge in [0, 0.05) is 17.1 Å². The van der Waals surface area contributed by atoms with E-state index in [1.54, 1.807) is 57.3 Å². The lowest BCUT2D eigenvalue weighted by Crippen LogP contribution is -2.36. The third-order valence-electron chi connectivity index (χ3n) is 2.76. The molecule has 5 nitrogen and oxygen atoms in total. The number of sulfonamides is 1. The van der Waals surface area contributed by atoms with E-state index < -0.39 is 21.3 Å². The van der Waals surface area contributed by atoms with Crippen molar-refractivity contribution in [3.05, 3.63) is 42.1 Å². The van der Waals surface area contributed by atoms with E-state index in [2.05, 4.69) is 9.71 Å². The van der Waals surface area contributed by atoms with Crippen LogP contribution < -0.4 is 4.72 Å². The van der Waals surface area contributed by atoms with Crippen LogP contribution >= 0.6 is 0 Å². The molecule has 1 aromatic heterocycles. The predicted octanol–water partition coefficient (Wildman–Crippen LogP) is 2.34. The fraction of sp³-hybridized carbons (Fsp3) is 0.333. The maximum absolute atomic E-state index is 12.2. The summed E-state index contributed by atoms with van der Waals surface area (Å²) >= 11 is 0. The summed E-state index contributed by atoms with van der Waals surface area (Å²) in [6, 6.07) is 8.50. The van der Waals surface area contributed by atoms with Gasteiger partial charge in [-0.25, -0.2) is 13.1 Å². The Morgan fingerprint density at radius 1 is 1.19 bits per heavy atom. The molecule has 0 radical (unpaired) electrons. The zero-order chi connectivity index (χ0) is 15.7. The number of nitrogens with one attached hydrogen (secondary N) is 1. The first-order valence-electron chi connectivity index (χ1n) is 6.56. The molecule has 0 saturated carbocycles. The highest BCUT2D eigenvalue weighted by Crippen LogP contribution is 2.18. The molecular weight excluding hydrogens is 288 g/mol. The van der Waals surface area contributed by atoms with Crippen LogP contribution in [0.3, 0.4) is 0 Å². The first kappa shape index (κ1) is 15.4. The number of aromatic nitrogens is 1. The summed E-state index contributed by atoms with van der Waals surface area (Å²) in [6.45, 7) is 5.41. The van der Waals surface area contributed by atoms with Crippen molar-refractivity contribution in [3.63, 3.8) is 0 Å². The number of rotatable bonds is 3. The minimum absolute atomic E-state index is 0.116. The van der Waals surface area contributed by atoms with Crippen molar-refractivity contribution < 1.29 is 13.2 Å². The summed E-state index contributed by atoms with van der Waals surface area (Å²) in [7, 11) is -3.68. The molecule has 0 aliphatic heterocycles. The minimum Gasteiger partial charge on any atom is -0.268 e. The molecule has 112 valence electrons. The molecule has 1 heterocycles. The van der Waals surface area contributed by atoms with Crippen LogP contribution in [-0.2, 0) is 10.0 Å². The molecule has 0 aliphatic carbocycles. The van der Waals surface area contributed by atoms with E-state index in [1.807, 2.05) is 0 Å². The number of carbonyl (C=O) groups excluding carboxylic acids is 1. The molecule has 0 spiro atoms. The van der Waals surface area contributed by atoms with Crippen molar-refractivity contribution in [3.8, 4) is 0 Å². The van der Waals surface area contributed by atoms with Gasteiger partial charge in [0.1, 0.15) is 0 Å². The van der Waals surface area contributed by atoms with Gasteiger partial charge in [0.15, 0.2) is 0 Å². The quantitative estimate of drug-likeness (QED) is 0.944. The lowest BCUT2D eigenvalue weighted by Gasteiger charge is -2.18. The Balaban J connectivity index is 2.32. The number of nitrogens with zero attached hydrogens (tertiary/aromatic N) is 1. The van der Waals surface area contributed by atoms with Crippen LogP contribution in [0.25, 0.3) is 10.9 Å². The topological polar surface area (TPSA) is 76.1 Å². The van der Waals surface area contributed by atoms with Crippen molar-refractivity contribution in [2.24, 2.45) is 5.41 Å². The van der Waals surface area contributed by atoms with Crippen molar-refractivity contribution in [1.82, 2.24) is 9.71 Å². The fourth-order valence-electron chi connectivity index (χ4n) is 2.10. The third kappa shape index (κ3) is 4.01. The maximum atomic E-state index is 12.2. The minimum atomic E-state index is -3.68. The van der Waals surface area contributed by atoms with Crippen LogP contribution in [0.5, 0.6) is 0 Å². The smallest absolute Gasteiger partial charge is 0.265 e. The molecule has 0 saturated heterocycles. The maximum Gasteiger partial charge on any atom is 0.265 e. The van der Waals surface area contributed by atoms with Gasteiger partial charge in [0.2, 0.25) is 10.0 Å². The predicted molar refractivity (Wildman–Crippen MR) is 82.5 cm³/mol. The molecule has 1 amide bonds. The number of amides is 1. The fourth-order valence-corrected chi connectivity index (χ4v) is 3.71. The number of pyridine rings is 1. The van der Waals surface area contributed by atoms with Gasteiger partial charge in [0.25, 0.3) is 5.91 Å². The second-order valence-corrected chi connectivity index (χ2v) is 7.85. The van der Waals surface area contributed by atoms with Crippen molar-refractivity contribution in [2.75, 3.05) is 5.75 Å². The average Bonchev–Trinajstić information content (AvgIpc) is 2.34. The van der Waals surface area contributed by atoms with Gasteiger partial charge in [-0.05, 0) is 23.6 Å². The standard InChI is InChI=1S/C15H18N2O3S/c1-15(2,3)10-21(19,20)17-14(18)12-6-4-8-13-11(12)7-5-9-16-13/h4-9H,10H2,1-3H3,(H,17,18). The molecule has 0 unspecified atom stereocenters. The molecular formula is C15H18N2O3S. The summed E-state index contributed by atoms with van der Waals surface area (Å²) in [6.07, 6.45) is 1.63. The Bertz CT molecular complexity index is 772. The molecule has 0 bridgehead atoms. The van der Waals surface area contributed by atoms with E-state index in [4.69, 9.17) is 0 Å². The van der Waals surface area contributed by atoms with Gasteiger partial charge < -0.3 is 0 Å². The normalized spacial score (nSPS) is 12.3. The summed E-state index contributed by atoms with van der Waals surface area (Å²) in [5.74, 6) is -0.743. The van der Waals surface area contributed by atoms with Crippen molar-refractivity contribution in [2.45, 2.75) is 20.8 Å². The van der Waals surface area contributed by atoms with E-state index in [0.717, 1.165) is 0 Å². The Kier molecular flexibility index (Phi) is 4.00. The second-order valence-electron chi connectivity index (χ2n) is 6.13. The number of hydrogen-bond acceptors (Lipinski definition) is 4. The van der Waals surface area contributed by atoms with Crippen molar-refractivity contribution in [1.29, 1.82) is 0 Å². The summed E-state index contributed by atoms with van der Waals surface area (Å²) in [4.78, 5) is 16.4. The van der Waals surface area contributed by atoms with Gasteiger partial charge >= 0.3 is 0 Å². The summed E-state index contributed by atoms with van der Waals surface area (Å²) in [5.41, 5.74) is 0.531. The van der Waals surface area contributed by atoms with Crippen LogP contribution in [0.1, 0.15) is 31.1 Å². The zero-order valence-corrected chi connectivity index (χ0v) is 13.1. The summed E-state index contributed by atoms with van der Waals surface area (Å²) in [5, 5.41) is 0.628. The molecule has 0 fully saturated rings. The number of fused-ring (bicyclic) bond motifs is 1. The highest BCUT2D eigenvalue weighted by molar-refractivity contribution is 7.90. The van der Waals surface area contributed by atoms with Crippen molar-refractivity contribution >= 4 is 26.8 Å². The first-order valence-corrected chi connectivity index (χ1v) is 8.22. The molecule has 1 N–H and O–H groups in total. The molecule has 0 aliphatic rings. The highest BCUT2D eigenvalue weighted by atomic mass is 32.2. The molecule has 1 aromatic carbocycles. The van der Waals surface area contributed by atoms with Gasteiger partial charge in [-0.1, -0.05) is 32.9 Å². The monoisotopic (exact) mass is 306 g/mol. The van der Waals surface area contributed by atoms with E-state index in [1.165, 1.54) is 0 Å². The molecule has 21 heavy (non-hydrogen) atoms. The van der Waals surface area contributed by atoms with Crippen LogP contribution in [0.4, 0.5) is 0 Å². The largest absolute Gasteiger partial charge is 0.268 e. The molecule has 6 heteroatoms. The Morgan fingerprint density at radius 3 is 2.57 bits per heavy atom. The van der Waals surface area contributed by atoms with Crippen LogP contribution in [0, 0.1) is 5.41 Å². The zero-order valence-electron chi connectivity index (χ0n) is 12.3. The van der Waals surface area contributed by atoms with Crippen LogP contribution in [0.2, 0.25) is 0 Å².